The summed E-state index contributed by atoms with van der Waals surface area (Å²) in [5.74, 6) is 11.5. The molecular formula is C29H27N5O4. The van der Waals surface area contributed by atoms with Gasteiger partial charge in [-0.05, 0) is 54.4 Å². The molecular weight excluding hydrogens is 482 g/mol. The number of aromatic nitrogens is 2. The van der Waals surface area contributed by atoms with E-state index in [9.17, 15) is 9.59 Å². The van der Waals surface area contributed by atoms with Crippen LogP contribution in [0.25, 0.3) is 22.2 Å². The number of hydrazine groups is 1. The number of carbonyl (C=O) groups is 3. The number of hydrogen-bond donors (Lipinski definition) is 4. The smallest absolute Gasteiger partial charge is 0.290 e. The van der Waals surface area contributed by atoms with Crippen molar-refractivity contribution in [2.75, 3.05) is 6.54 Å². The van der Waals surface area contributed by atoms with Crippen LogP contribution in [0.15, 0.2) is 73.1 Å². The molecule has 0 unspecified atom stereocenters. The van der Waals surface area contributed by atoms with E-state index in [0.717, 1.165) is 16.7 Å². The first-order valence-corrected chi connectivity index (χ1v) is 11.7. The van der Waals surface area contributed by atoms with Gasteiger partial charge in [0.05, 0.1) is 16.8 Å². The summed E-state index contributed by atoms with van der Waals surface area (Å²) < 4.78 is 0. The van der Waals surface area contributed by atoms with Gasteiger partial charge in [-0.25, -0.2) is 10.8 Å². The molecule has 0 saturated carbocycles. The second-order valence-corrected chi connectivity index (χ2v) is 8.54. The van der Waals surface area contributed by atoms with Crippen molar-refractivity contribution >= 4 is 29.2 Å². The Kier molecular flexibility index (Phi) is 9.63. The molecule has 9 heteroatoms. The van der Waals surface area contributed by atoms with E-state index in [1.807, 2.05) is 36.4 Å². The number of rotatable bonds is 5. The number of nitrogens with two attached hydrogens (primary N) is 1. The number of benzene rings is 2. The van der Waals surface area contributed by atoms with E-state index in [-0.39, 0.29) is 12.4 Å². The molecule has 2 amide bonds. The van der Waals surface area contributed by atoms with Crippen molar-refractivity contribution in [3.05, 3.63) is 95.3 Å². The third-order valence-electron chi connectivity index (χ3n) is 5.34. The summed E-state index contributed by atoms with van der Waals surface area (Å²) in [7, 11) is 0. The summed E-state index contributed by atoms with van der Waals surface area (Å²) in [4.78, 5) is 41.5. The number of nitrogens with zero attached hydrogens (tertiary/aromatic N) is 2. The Morgan fingerprint density at radius 2 is 1.61 bits per heavy atom. The summed E-state index contributed by atoms with van der Waals surface area (Å²) in [5.41, 5.74) is 6.99. The summed E-state index contributed by atoms with van der Waals surface area (Å²) in [5, 5.41) is 10.4. The molecule has 0 atom stereocenters. The lowest BCUT2D eigenvalue weighted by Gasteiger charge is -2.08. The Hall–Kier alpha value is -5.07. The van der Waals surface area contributed by atoms with Gasteiger partial charge in [0.2, 0.25) is 0 Å². The van der Waals surface area contributed by atoms with Crippen molar-refractivity contribution in [3.63, 3.8) is 0 Å². The van der Waals surface area contributed by atoms with Crippen LogP contribution in [-0.2, 0) is 4.79 Å². The largest absolute Gasteiger partial charge is 0.483 e. The van der Waals surface area contributed by atoms with Gasteiger partial charge in [-0.1, -0.05) is 37.8 Å². The summed E-state index contributed by atoms with van der Waals surface area (Å²) in [6, 6.07) is 18.3. The number of carboxylic acid groups (broad SMARTS) is 1. The van der Waals surface area contributed by atoms with E-state index in [2.05, 4.69) is 46.4 Å². The number of pyridine rings is 2. The summed E-state index contributed by atoms with van der Waals surface area (Å²) in [6.07, 6.45) is 3.23. The fourth-order valence-corrected chi connectivity index (χ4v) is 3.45. The molecule has 0 fully saturated rings. The maximum Gasteiger partial charge on any atom is 0.290 e. The SMILES string of the molecule is CC(C)CNC(=O)c1ccc(C#Cc2ccc(-c3cc(C(=O)NN)c4cnccc4n3)cc2)cc1.O=CO. The molecule has 4 aromatic rings. The molecule has 0 aliphatic rings. The molecule has 0 spiro atoms. The van der Waals surface area contributed by atoms with Gasteiger partial charge in [0.25, 0.3) is 18.3 Å². The highest BCUT2D eigenvalue weighted by atomic mass is 16.3. The molecule has 0 saturated heterocycles. The Bertz CT molecular complexity index is 1490. The zero-order chi connectivity index (χ0) is 27.5. The predicted molar refractivity (Wildman–Crippen MR) is 145 cm³/mol. The molecule has 2 heterocycles. The van der Waals surface area contributed by atoms with Crippen molar-refractivity contribution < 1.29 is 19.5 Å². The van der Waals surface area contributed by atoms with Crippen LogP contribution in [0.3, 0.4) is 0 Å². The van der Waals surface area contributed by atoms with E-state index in [0.29, 0.717) is 40.2 Å². The highest BCUT2D eigenvalue weighted by molar-refractivity contribution is 6.06. The third kappa shape index (κ3) is 7.22. The van der Waals surface area contributed by atoms with Crippen LogP contribution < -0.4 is 16.6 Å². The van der Waals surface area contributed by atoms with Crippen molar-refractivity contribution in [1.82, 2.24) is 20.7 Å². The minimum absolute atomic E-state index is 0.0838. The number of nitrogens with one attached hydrogen (secondary N) is 2. The summed E-state index contributed by atoms with van der Waals surface area (Å²) >= 11 is 0. The first-order chi connectivity index (χ1) is 18.4. The van der Waals surface area contributed by atoms with Crippen molar-refractivity contribution in [2.45, 2.75) is 13.8 Å². The van der Waals surface area contributed by atoms with E-state index in [1.165, 1.54) is 0 Å². The second kappa shape index (κ2) is 13.3. The van der Waals surface area contributed by atoms with Crippen LogP contribution >= 0.6 is 0 Å². The lowest BCUT2D eigenvalue weighted by atomic mass is 10.0. The quantitative estimate of drug-likeness (QED) is 0.106. The van der Waals surface area contributed by atoms with E-state index >= 15 is 0 Å². The average molecular weight is 510 g/mol. The Morgan fingerprint density at radius 3 is 2.18 bits per heavy atom. The number of nitrogen functional groups attached to an aromatic ring is 1. The van der Waals surface area contributed by atoms with Crippen molar-refractivity contribution in [1.29, 1.82) is 0 Å². The molecule has 0 aliphatic carbocycles. The first-order valence-electron chi connectivity index (χ1n) is 11.7. The molecule has 9 nitrogen and oxygen atoms in total. The number of hydrogen-bond acceptors (Lipinski definition) is 6. The Labute approximate surface area is 220 Å². The number of carbonyl (C=O) groups excluding carboxylic acids is 2. The lowest BCUT2D eigenvalue weighted by molar-refractivity contribution is -0.122. The summed E-state index contributed by atoms with van der Waals surface area (Å²) in [6.45, 7) is 4.50. The minimum Gasteiger partial charge on any atom is -0.483 e. The molecule has 4 rings (SSSR count). The molecule has 2 aromatic heterocycles. The predicted octanol–water partition coefficient (Wildman–Crippen LogP) is 3.39. The minimum atomic E-state index is -0.405. The third-order valence-corrected chi connectivity index (χ3v) is 5.34. The Morgan fingerprint density at radius 1 is 1.00 bits per heavy atom. The molecule has 38 heavy (non-hydrogen) atoms. The monoisotopic (exact) mass is 509 g/mol. The van der Waals surface area contributed by atoms with Gasteiger partial charge in [-0.15, -0.1) is 0 Å². The highest BCUT2D eigenvalue weighted by Gasteiger charge is 2.13. The Balaban J connectivity index is 0.00000127. The van der Waals surface area contributed by atoms with Gasteiger partial charge >= 0.3 is 0 Å². The van der Waals surface area contributed by atoms with Crippen LogP contribution in [0.4, 0.5) is 0 Å². The normalized spacial score (nSPS) is 10.0. The van der Waals surface area contributed by atoms with Gasteiger partial charge in [-0.2, -0.15) is 0 Å². The fourth-order valence-electron chi connectivity index (χ4n) is 3.45. The van der Waals surface area contributed by atoms with E-state index < -0.39 is 5.91 Å². The zero-order valence-corrected chi connectivity index (χ0v) is 20.9. The van der Waals surface area contributed by atoms with Gasteiger partial charge in [-0.3, -0.25) is 24.8 Å². The zero-order valence-electron chi connectivity index (χ0n) is 20.9. The molecule has 192 valence electrons. The van der Waals surface area contributed by atoms with Crippen molar-refractivity contribution in [2.24, 2.45) is 11.8 Å². The molecule has 0 aliphatic heterocycles. The molecule has 5 N–H and O–H groups in total. The van der Waals surface area contributed by atoms with Crippen LogP contribution in [0, 0.1) is 17.8 Å². The van der Waals surface area contributed by atoms with Gasteiger partial charge < -0.3 is 10.4 Å². The van der Waals surface area contributed by atoms with Crippen LogP contribution in [0.5, 0.6) is 0 Å². The fraction of sp³-hybridized carbons (Fsp3) is 0.138. The molecule has 2 aromatic carbocycles. The van der Waals surface area contributed by atoms with Gasteiger partial charge in [0.15, 0.2) is 0 Å². The second-order valence-electron chi connectivity index (χ2n) is 8.54. The van der Waals surface area contributed by atoms with E-state index in [1.54, 1.807) is 36.7 Å². The maximum atomic E-state index is 12.3. The number of amides is 2. The molecule has 0 radical (unpaired) electrons. The van der Waals surface area contributed by atoms with Crippen molar-refractivity contribution in [3.8, 4) is 23.1 Å². The topological polar surface area (TPSA) is 147 Å². The maximum absolute atomic E-state index is 12.3. The molecule has 0 bridgehead atoms. The van der Waals surface area contributed by atoms with Gasteiger partial charge in [0.1, 0.15) is 0 Å². The van der Waals surface area contributed by atoms with Gasteiger partial charge in [0, 0.05) is 46.6 Å². The van der Waals surface area contributed by atoms with Crippen LogP contribution in [0.2, 0.25) is 0 Å². The van der Waals surface area contributed by atoms with Crippen LogP contribution in [-0.4, -0.2) is 39.9 Å². The van der Waals surface area contributed by atoms with E-state index in [4.69, 9.17) is 15.7 Å². The highest BCUT2D eigenvalue weighted by Crippen LogP contribution is 2.24. The first kappa shape index (κ1) is 27.5. The standard InChI is InChI=1S/C28H25N5O2.CH2O2/c1-18(2)16-31-27(34)22-11-7-20(8-12-22)4-3-19-5-9-21(10-6-19)26-15-23(28(35)33-29)24-17-30-14-13-25(24)32-26;2-1-3/h5-15,17-18H,16,29H2,1-2H3,(H,31,34)(H,33,35);1H,(H,2,3). The average Bonchev–Trinajstić information content (AvgIpc) is 2.94. The van der Waals surface area contributed by atoms with Crippen LogP contribution in [0.1, 0.15) is 45.7 Å². The lowest BCUT2D eigenvalue weighted by Crippen LogP contribution is -2.30. The number of fused-ring (bicyclic) bond motifs is 1.